The van der Waals surface area contributed by atoms with Crippen molar-refractivity contribution in [1.29, 1.82) is 0 Å². The third-order valence-electron chi connectivity index (χ3n) is 4.47. The molecule has 3 heterocycles. The normalized spacial score (nSPS) is 10.6. The van der Waals surface area contributed by atoms with Crippen molar-refractivity contribution in [2.24, 2.45) is 0 Å². The van der Waals surface area contributed by atoms with E-state index in [0.29, 0.717) is 21.7 Å². The lowest BCUT2D eigenvalue weighted by atomic mass is 10.1. The van der Waals surface area contributed by atoms with Gasteiger partial charge in [0.2, 0.25) is 5.13 Å². The van der Waals surface area contributed by atoms with Gasteiger partial charge in [0.15, 0.2) is 0 Å². The van der Waals surface area contributed by atoms with Crippen molar-refractivity contribution in [2.45, 2.75) is 36.7 Å². The van der Waals surface area contributed by atoms with Gasteiger partial charge in [-0.05, 0) is 42.3 Å². The molecule has 0 saturated heterocycles. The van der Waals surface area contributed by atoms with Gasteiger partial charge in [-0.25, -0.2) is 9.67 Å². The summed E-state index contributed by atoms with van der Waals surface area (Å²) in [6.07, 6.45) is 6.58. The first-order valence-electron chi connectivity index (χ1n) is 9.89. The summed E-state index contributed by atoms with van der Waals surface area (Å²) in [5, 5.41) is 7.34. The fourth-order valence-electron chi connectivity index (χ4n) is 3.02. The van der Waals surface area contributed by atoms with Gasteiger partial charge in [0.1, 0.15) is 0 Å². The number of hydrogen-bond donors (Lipinski definition) is 0. The molecule has 4 aromatic rings. The van der Waals surface area contributed by atoms with Gasteiger partial charge in [-0.3, -0.25) is 4.98 Å². The predicted octanol–water partition coefficient (Wildman–Crippen LogP) is 6.51. The van der Waals surface area contributed by atoms with Crippen molar-refractivity contribution in [1.82, 2.24) is 19.7 Å². The topological polar surface area (TPSA) is 77.7 Å². The Labute approximate surface area is 210 Å². The van der Waals surface area contributed by atoms with Crippen LogP contribution in [0.2, 0.25) is 10.0 Å². The highest BCUT2D eigenvalue weighted by molar-refractivity contribution is 8.01. The molecule has 170 valence electrons. The largest absolute Gasteiger partial charge is 0.373 e. The molecule has 0 aliphatic heterocycles. The standard InChI is InChI=1S/C22H20Cl2N4S2.CO2/c1-13(2)29-21-20(15-6-8-25-9-7-15)26-22(30-21)28-12-17(14(3)27-28)10-16-4-5-18(23)11-19(16)24;2-1-3/h4-9,11-13H,10H2,1-3H3;. The minimum absolute atomic E-state index is 0.250. The summed E-state index contributed by atoms with van der Waals surface area (Å²) in [6.45, 7) is 6.38. The zero-order valence-corrected chi connectivity index (χ0v) is 21.2. The Hall–Kier alpha value is -2.48. The minimum Gasteiger partial charge on any atom is -0.265 e. The molecule has 0 spiro atoms. The second-order valence-electron chi connectivity index (χ2n) is 7.22. The molecular weight excluding hydrogens is 499 g/mol. The highest BCUT2D eigenvalue weighted by atomic mass is 35.5. The number of aromatic nitrogens is 4. The lowest BCUT2D eigenvalue weighted by Gasteiger charge is -2.04. The summed E-state index contributed by atoms with van der Waals surface area (Å²) >= 11 is 15.9. The van der Waals surface area contributed by atoms with Crippen LogP contribution in [0.4, 0.5) is 0 Å². The van der Waals surface area contributed by atoms with Crippen molar-refractivity contribution >= 4 is 52.5 Å². The Morgan fingerprint density at radius 2 is 1.82 bits per heavy atom. The second-order valence-corrected chi connectivity index (χ2v) is 10.9. The van der Waals surface area contributed by atoms with Crippen molar-refractivity contribution in [3.8, 4) is 16.4 Å². The van der Waals surface area contributed by atoms with E-state index < -0.39 is 0 Å². The molecule has 0 N–H and O–H groups in total. The van der Waals surface area contributed by atoms with Gasteiger partial charge in [-0.1, -0.05) is 54.5 Å². The smallest absolute Gasteiger partial charge is 0.265 e. The number of rotatable bonds is 6. The summed E-state index contributed by atoms with van der Waals surface area (Å²) in [4.78, 5) is 25.3. The minimum atomic E-state index is 0.250. The van der Waals surface area contributed by atoms with Crippen LogP contribution in [-0.4, -0.2) is 31.1 Å². The molecule has 0 aliphatic carbocycles. The van der Waals surface area contributed by atoms with Crippen LogP contribution in [0.15, 0.2) is 53.1 Å². The van der Waals surface area contributed by atoms with Crippen LogP contribution >= 0.6 is 46.3 Å². The molecule has 10 heteroatoms. The van der Waals surface area contributed by atoms with E-state index in [9.17, 15) is 0 Å². The van der Waals surface area contributed by atoms with Crippen LogP contribution in [0, 0.1) is 6.92 Å². The molecule has 0 atom stereocenters. The highest BCUT2D eigenvalue weighted by Crippen LogP contribution is 2.39. The van der Waals surface area contributed by atoms with E-state index >= 15 is 0 Å². The Morgan fingerprint density at radius 3 is 2.45 bits per heavy atom. The van der Waals surface area contributed by atoms with Crippen LogP contribution in [-0.2, 0) is 16.0 Å². The van der Waals surface area contributed by atoms with Gasteiger partial charge in [0.25, 0.3) is 0 Å². The summed E-state index contributed by atoms with van der Waals surface area (Å²) in [7, 11) is 0. The molecule has 0 unspecified atom stereocenters. The van der Waals surface area contributed by atoms with Crippen LogP contribution < -0.4 is 0 Å². The SMILES string of the molecule is Cc1nn(-c2nc(-c3ccncc3)c(SC(C)C)s2)cc1Cc1ccc(Cl)cc1Cl.O=C=O. The van der Waals surface area contributed by atoms with Gasteiger partial charge in [-0.2, -0.15) is 14.7 Å². The average molecular weight is 519 g/mol. The van der Waals surface area contributed by atoms with E-state index in [0.717, 1.165) is 33.2 Å². The van der Waals surface area contributed by atoms with E-state index in [1.54, 1.807) is 29.8 Å². The van der Waals surface area contributed by atoms with E-state index in [-0.39, 0.29) is 6.15 Å². The number of halogens is 2. The van der Waals surface area contributed by atoms with E-state index in [2.05, 4.69) is 18.8 Å². The molecule has 0 radical (unpaired) electrons. The van der Waals surface area contributed by atoms with Crippen LogP contribution in [0.1, 0.15) is 30.7 Å². The zero-order chi connectivity index (χ0) is 24.0. The van der Waals surface area contributed by atoms with Crippen LogP contribution in [0.3, 0.4) is 0 Å². The molecule has 6 nitrogen and oxygen atoms in total. The summed E-state index contributed by atoms with van der Waals surface area (Å²) in [5.41, 5.74) is 5.13. The monoisotopic (exact) mass is 518 g/mol. The maximum Gasteiger partial charge on any atom is 0.373 e. The second kappa shape index (κ2) is 11.6. The van der Waals surface area contributed by atoms with Crippen molar-refractivity contribution < 1.29 is 9.59 Å². The highest BCUT2D eigenvalue weighted by Gasteiger charge is 2.18. The fourth-order valence-corrected chi connectivity index (χ4v) is 5.94. The fraction of sp³-hybridized carbons (Fsp3) is 0.217. The van der Waals surface area contributed by atoms with E-state index in [4.69, 9.17) is 42.9 Å². The number of thiazole rings is 1. The van der Waals surface area contributed by atoms with Gasteiger partial charge in [0.05, 0.1) is 15.6 Å². The molecule has 4 rings (SSSR count). The lowest BCUT2D eigenvalue weighted by Crippen LogP contribution is -1.94. The molecule has 1 aromatic carbocycles. The van der Waals surface area contributed by atoms with Crippen molar-refractivity contribution in [2.75, 3.05) is 0 Å². The first-order valence-corrected chi connectivity index (χ1v) is 12.3. The summed E-state index contributed by atoms with van der Waals surface area (Å²) in [5.74, 6) is 0. The molecule has 3 aromatic heterocycles. The van der Waals surface area contributed by atoms with Gasteiger partial charge < -0.3 is 0 Å². The average Bonchev–Trinajstić information content (AvgIpc) is 3.34. The Morgan fingerprint density at radius 1 is 1.12 bits per heavy atom. The van der Waals surface area contributed by atoms with Crippen LogP contribution in [0.5, 0.6) is 0 Å². The number of hydrogen-bond acceptors (Lipinski definition) is 7. The number of thioether (sulfide) groups is 1. The van der Waals surface area contributed by atoms with E-state index in [1.165, 1.54) is 4.21 Å². The van der Waals surface area contributed by atoms with Gasteiger partial charge in [-0.15, -0.1) is 11.8 Å². The van der Waals surface area contributed by atoms with Crippen molar-refractivity contribution in [3.05, 3.63) is 75.8 Å². The Bertz CT molecular complexity index is 1270. The predicted molar refractivity (Wildman–Crippen MR) is 132 cm³/mol. The lowest BCUT2D eigenvalue weighted by molar-refractivity contribution is -0.191. The maximum atomic E-state index is 8.12. The van der Waals surface area contributed by atoms with Crippen LogP contribution in [0.25, 0.3) is 16.4 Å². The first kappa shape index (κ1) is 25.1. The third kappa shape index (κ3) is 6.53. The number of nitrogens with zero attached hydrogens (tertiary/aromatic N) is 4. The molecule has 33 heavy (non-hydrogen) atoms. The summed E-state index contributed by atoms with van der Waals surface area (Å²) in [6, 6.07) is 9.58. The molecule has 0 bridgehead atoms. The molecule has 0 fully saturated rings. The summed E-state index contributed by atoms with van der Waals surface area (Å²) < 4.78 is 3.05. The quantitative estimate of drug-likeness (QED) is 0.270. The Balaban J connectivity index is 0.000000968. The number of aryl methyl sites for hydroxylation is 1. The molecule has 0 amide bonds. The Kier molecular flexibility index (Phi) is 8.83. The molecular formula is C23H20Cl2N4O2S2. The first-order chi connectivity index (χ1) is 15.8. The third-order valence-corrected chi connectivity index (χ3v) is 7.32. The maximum absolute atomic E-state index is 8.12. The zero-order valence-electron chi connectivity index (χ0n) is 18.1. The van der Waals surface area contributed by atoms with Gasteiger partial charge in [0, 0.05) is 45.9 Å². The number of pyridine rings is 1. The van der Waals surface area contributed by atoms with Crippen molar-refractivity contribution in [3.63, 3.8) is 0 Å². The van der Waals surface area contributed by atoms with E-state index in [1.807, 2.05) is 53.8 Å². The molecule has 0 saturated carbocycles. The number of carbonyl (C=O) groups excluding carboxylic acids is 2. The number of benzene rings is 1. The van der Waals surface area contributed by atoms with Gasteiger partial charge >= 0.3 is 6.15 Å². The molecule has 0 aliphatic rings.